The van der Waals surface area contributed by atoms with Crippen molar-refractivity contribution in [2.75, 3.05) is 4.90 Å². The fourth-order valence-corrected chi connectivity index (χ4v) is 3.41. The molecule has 0 unspecified atom stereocenters. The number of ether oxygens (including phenoxy) is 1. The molecule has 0 aliphatic carbocycles. The summed E-state index contributed by atoms with van der Waals surface area (Å²) in [5.74, 6) is 0.777. The highest BCUT2D eigenvalue weighted by molar-refractivity contribution is 5.58. The highest BCUT2D eigenvalue weighted by Gasteiger charge is 2.28. The van der Waals surface area contributed by atoms with Gasteiger partial charge in [0.25, 0.3) is 0 Å². The molecule has 3 aromatic rings. The summed E-state index contributed by atoms with van der Waals surface area (Å²) >= 11 is 0. The van der Waals surface area contributed by atoms with Crippen molar-refractivity contribution in [2.45, 2.75) is 12.0 Å². The van der Waals surface area contributed by atoms with Gasteiger partial charge in [0, 0.05) is 35.6 Å². The second-order valence-electron chi connectivity index (χ2n) is 6.90. The van der Waals surface area contributed by atoms with Crippen molar-refractivity contribution >= 4 is 5.69 Å². The first kappa shape index (κ1) is 20.9. The van der Waals surface area contributed by atoms with Crippen LogP contribution in [0.3, 0.4) is 0 Å². The lowest BCUT2D eigenvalue weighted by molar-refractivity contribution is 0.172. The third-order valence-electron chi connectivity index (χ3n) is 5.08. The number of anilines is 1. The van der Waals surface area contributed by atoms with E-state index in [2.05, 4.69) is 44.5 Å². The molecule has 0 heterocycles. The summed E-state index contributed by atoms with van der Waals surface area (Å²) in [5, 5.41) is 0. The fraction of sp³-hybridized carbons (Fsp3) is 0.0714. The first-order valence-corrected chi connectivity index (χ1v) is 9.88. The van der Waals surface area contributed by atoms with Crippen LogP contribution in [0.2, 0.25) is 0 Å². The number of hydrogen-bond donors (Lipinski definition) is 0. The zero-order chi connectivity index (χ0) is 21.4. The summed E-state index contributed by atoms with van der Waals surface area (Å²) in [4.78, 5) is 1.88. The molecule has 2 heteroatoms. The van der Waals surface area contributed by atoms with Crippen LogP contribution < -0.4 is 9.64 Å². The van der Waals surface area contributed by atoms with Crippen molar-refractivity contribution in [3.8, 4) is 5.75 Å². The first-order valence-electron chi connectivity index (χ1n) is 9.88. The zero-order valence-corrected chi connectivity index (χ0v) is 17.2. The van der Waals surface area contributed by atoms with Crippen molar-refractivity contribution in [2.24, 2.45) is 0 Å². The van der Waals surface area contributed by atoms with Crippen LogP contribution in [-0.2, 0) is 12.0 Å². The van der Waals surface area contributed by atoms with E-state index in [-0.39, 0.29) is 0 Å². The maximum Gasteiger partial charge on any atom is 0.170 e. The third kappa shape index (κ3) is 4.44. The van der Waals surface area contributed by atoms with E-state index in [4.69, 9.17) is 4.74 Å². The lowest BCUT2D eigenvalue weighted by Gasteiger charge is -2.30. The average Bonchev–Trinajstić information content (AvgIpc) is 2.81. The Morgan fingerprint density at radius 1 is 0.767 bits per heavy atom. The summed E-state index contributed by atoms with van der Waals surface area (Å²) in [6, 6.07) is 26.4. The van der Waals surface area contributed by atoms with Gasteiger partial charge >= 0.3 is 0 Å². The second kappa shape index (κ2) is 9.62. The van der Waals surface area contributed by atoms with Gasteiger partial charge < -0.3 is 9.64 Å². The fourth-order valence-electron chi connectivity index (χ4n) is 3.41. The molecule has 0 saturated carbocycles. The molecule has 0 radical (unpaired) electrons. The predicted octanol–water partition coefficient (Wildman–Crippen LogP) is 7.02. The molecule has 0 fully saturated rings. The molecule has 3 aromatic carbocycles. The molecule has 0 aliphatic heterocycles. The Labute approximate surface area is 179 Å². The lowest BCUT2D eigenvalue weighted by atomic mass is 9.93. The number of hydrogen-bond acceptors (Lipinski definition) is 2. The summed E-state index contributed by atoms with van der Waals surface area (Å²) in [5.41, 5.74) is 3.37. The monoisotopic (exact) mass is 393 g/mol. The summed E-state index contributed by atoms with van der Waals surface area (Å²) < 4.78 is 6.59. The summed E-state index contributed by atoms with van der Waals surface area (Å²) in [7, 11) is 0. The van der Waals surface area contributed by atoms with Crippen LogP contribution in [0.25, 0.3) is 0 Å². The van der Waals surface area contributed by atoms with Gasteiger partial charge in [-0.1, -0.05) is 87.0 Å². The minimum Gasteiger partial charge on any atom is -0.474 e. The van der Waals surface area contributed by atoms with E-state index in [0.717, 1.165) is 29.0 Å². The molecular weight excluding hydrogens is 366 g/mol. The molecular formula is C28H27NO. The third-order valence-corrected chi connectivity index (χ3v) is 5.08. The Morgan fingerprint density at radius 2 is 1.37 bits per heavy atom. The SMILES string of the molecule is C=CN(C=C)c1ccc(OC(C=C)(C=C)c2ccccc2)c(Cc2ccccc2)c1. The molecule has 0 bridgehead atoms. The minimum absolute atomic E-state index is 0.727. The standard InChI is InChI=1S/C28H27NO/c1-5-28(6-2,25-17-13-10-14-18-25)30-27-20-19-26(29(7-3)8-4)22-24(27)21-23-15-11-9-12-16-23/h5-20,22H,1-4,21H2. The van der Waals surface area contributed by atoms with Crippen LogP contribution in [0.5, 0.6) is 5.75 Å². The van der Waals surface area contributed by atoms with Crippen LogP contribution in [0.15, 0.2) is 130 Å². The van der Waals surface area contributed by atoms with E-state index in [1.807, 2.05) is 65.6 Å². The quantitative estimate of drug-likeness (QED) is 0.343. The molecule has 0 aliphatic rings. The van der Waals surface area contributed by atoms with Gasteiger partial charge in [-0.05, 0) is 35.9 Å². The Bertz CT molecular complexity index is 1010. The predicted molar refractivity (Wildman–Crippen MR) is 128 cm³/mol. The van der Waals surface area contributed by atoms with Crippen molar-refractivity contribution in [1.29, 1.82) is 0 Å². The van der Waals surface area contributed by atoms with Gasteiger partial charge in [-0.25, -0.2) is 0 Å². The molecule has 2 nitrogen and oxygen atoms in total. The van der Waals surface area contributed by atoms with Gasteiger partial charge in [-0.15, -0.1) is 0 Å². The van der Waals surface area contributed by atoms with Gasteiger partial charge in [0.2, 0.25) is 0 Å². The van der Waals surface area contributed by atoms with Crippen molar-refractivity contribution in [3.05, 3.63) is 146 Å². The molecule has 0 amide bonds. The summed E-state index contributed by atoms with van der Waals surface area (Å²) in [6.45, 7) is 15.8. The van der Waals surface area contributed by atoms with Gasteiger partial charge in [0.05, 0.1) is 0 Å². The van der Waals surface area contributed by atoms with E-state index in [1.54, 1.807) is 24.6 Å². The minimum atomic E-state index is -0.829. The highest BCUT2D eigenvalue weighted by Crippen LogP contribution is 2.35. The van der Waals surface area contributed by atoms with Crippen LogP contribution in [0, 0.1) is 0 Å². The molecule has 0 N–H and O–H groups in total. The van der Waals surface area contributed by atoms with Gasteiger partial charge in [0.15, 0.2) is 5.60 Å². The Morgan fingerprint density at radius 3 is 1.93 bits per heavy atom. The van der Waals surface area contributed by atoms with Crippen LogP contribution in [0.4, 0.5) is 5.69 Å². The van der Waals surface area contributed by atoms with E-state index in [1.165, 1.54) is 5.56 Å². The van der Waals surface area contributed by atoms with E-state index >= 15 is 0 Å². The maximum absolute atomic E-state index is 6.59. The molecule has 0 atom stereocenters. The lowest BCUT2D eigenvalue weighted by Crippen LogP contribution is -2.28. The number of nitrogens with zero attached hydrogens (tertiary/aromatic N) is 1. The normalized spacial score (nSPS) is 10.7. The Balaban J connectivity index is 2.07. The molecule has 30 heavy (non-hydrogen) atoms. The van der Waals surface area contributed by atoms with Crippen molar-refractivity contribution < 1.29 is 4.74 Å². The van der Waals surface area contributed by atoms with Crippen molar-refractivity contribution in [1.82, 2.24) is 0 Å². The van der Waals surface area contributed by atoms with Crippen LogP contribution in [-0.4, -0.2) is 0 Å². The molecule has 0 saturated heterocycles. The Kier molecular flexibility index (Phi) is 6.71. The van der Waals surface area contributed by atoms with Crippen LogP contribution in [0.1, 0.15) is 16.7 Å². The average molecular weight is 394 g/mol. The van der Waals surface area contributed by atoms with Crippen molar-refractivity contribution in [3.63, 3.8) is 0 Å². The van der Waals surface area contributed by atoms with E-state index in [0.29, 0.717) is 0 Å². The Hall–Kier alpha value is -3.78. The van der Waals surface area contributed by atoms with Gasteiger partial charge in [0.1, 0.15) is 5.75 Å². The second-order valence-corrected chi connectivity index (χ2v) is 6.90. The first-order chi connectivity index (χ1) is 14.7. The molecule has 0 aromatic heterocycles. The maximum atomic E-state index is 6.59. The number of rotatable bonds is 10. The molecule has 0 spiro atoms. The number of benzene rings is 3. The highest BCUT2D eigenvalue weighted by atomic mass is 16.5. The topological polar surface area (TPSA) is 12.5 Å². The van der Waals surface area contributed by atoms with Gasteiger partial charge in [-0.2, -0.15) is 0 Å². The largest absolute Gasteiger partial charge is 0.474 e. The molecule has 150 valence electrons. The zero-order valence-electron chi connectivity index (χ0n) is 17.2. The summed E-state index contributed by atoms with van der Waals surface area (Å²) in [6.07, 6.45) is 7.77. The van der Waals surface area contributed by atoms with Gasteiger partial charge in [-0.3, -0.25) is 0 Å². The van der Waals surface area contributed by atoms with E-state index in [9.17, 15) is 0 Å². The molecule has 3 rings (SSSR count). The van der Waals surface area contributed by atoms with Crippen LogP contribution >= 0.6 is 0 Å². The smallest absolute Gasteiger partial charge is 0.170 e. The van der Waals surface area contributed by atoms with E-state index < -0.39 is 5.60 Å².